The lowest BCUT2D eigenvalue weighted by atomic mass is 9.98. The standard InChI is InChI=1S/C27H21N3O/c1-29(26-14-8-9-17-28-26)30-25(18-20-10-4-2-5-11-20)24-19-22(15-16-23(24)27(30)31)21-12-6-3-7-13-21/h2-19H,1H3/b25-18-. The van der Waals surface area contributed by atoms with Crippen LogP contribution in [0.3, 0.4) is 0 Å². The number of benzene rings is 3. The third kappa shape index (κ3) is 3.49. The fourth-order valence-electron chi connectivity index (χ4n) is 3.88. The third-order valence-electron chi connectivity index (χ3n) is 5.44. The Morgan fingerprint density at radius 1 is 0.774 bits per heavy atom. The first-order valence-electron chi connectivity index (χ1n) is 10.2. The van der Waals surface area contributed by atoms with Gasteiger partial charge in [0.15, 0.2) is 0 Å². The van der Waals surface area contributed by atoms with Gasteiger partial charge in [0, 0.05) is 18.8 Å². The predicted molar refractivity (Wildman–Crippen MR) is 125 cm³/mol. The highest BCUT2D eigenvalue weighted by Crippen LogP contribution is 2.38. The number of rotatable bonds is 4. The van der Waals surface area contributed by atoms with E-state index in [1.54, 1.807) is 16.2 Å². The predicted octanol–water partition coefficient (Wildman–Crippen LogP) is 5.75. The summed E-state index contributed by atoms with van der Waals surface area (Å²) in [7, 11) is 1.86. The minimum absolute atomic E-state index is 0.0649. The first-order valence-corrected chi connectivity index (χ1v) is 10.2. The Bertz CT molecular complexity index is 1250. The lowest BCUT2D eigenvalue weighted by molar-refractivity contribution is 0.0844. The maximum atomic E-state index is 13.5. The quantitative estimate of drug-likeness (QED) is 0.435. The Morgan fingerprint density at radius 3 is 2.19 bits per heavy atom. The Balaban J connectivity index is 1.66. The molecule has 0 atom stereocenters. The Hall–Kier alpha value is -4.18. The molecule has 1 aromatic heterocycles. The van der Waals surface area contributed by atoms with Crippen molar-refractivity contribution < 1.29 is 4.79 Å². The Kier molecular flexibility index (Phi) is 4.81. The van der Waals surface area contributed by atoms with Crippen molar-refractivity contribution in [2.75, 3.05) is 12.1 Å². The maximum absolute atomic E-state index is 13.5. The number of pyridine rings is 1. The molecule has 150 valence electrons. The summed E-state index contributed by atoms with van der Waals surface area (Å²) >= 11 is 0. The number of carbonyl (C=O) groups excluding carboxylic acids is 1. The highest BCUT2D eigenvalue weighted by atomic mass is 16.2. The molecule has 0 saturated heterocycles. The molecule has 0 aliphatic carbocycles. The Labute approximate surface area is 181 Å². The molecule has 0 fully saturated rings. The SMILES string of the molecule is CN(c1ccccn1)N1C(=O)c2ccc(-c3ccccc3)cc2/C1=C/c1ccccc1. The van der Waals surface area contributed by atoms with Gasteiger partial charge in [-0.25, -0.2) is 9.99 Å². The zero-order valence-electron chi connectivity index (χ0n) is 17.1. The zero-order chi connectivity index (χ0) is 21.2. The zero-order valence-corrected chi connectivity index (χ0v) is 17.1. The molecule has 1 amide bonds. The van der Waals surface area contributed by atoms with Crippen LogP contribution >= 0.6 is 0 Å². The molecule has 1 aliphatic rings. The largest absolute Gasteiger partial charge is 0.277 e. The van der Waals surface area contributed by atoms with Crippen molar-refractivity contribution in [3.63, 3.8) is 0 Å². The molecule has 5 rings (SSSR count). The van der Waals surface area contributed by atoms with E-state index >= 15 is 0 Å². The molecule has 0 radical (unpaired) electrons. The van der Waals surface area contributed by atoms with Crippen molar-refractivity contribution in [1.82, 2.24) is 9.99 Å². The van der Waals surface area contributed by atoms with Gasteiger partial charge in [-0.15, -0.1) is 0 Å². The van der Waals surface area contributed by atoms with Crippen LogP contribution in [0.5, 0.6) is 0 Å². The summed E-state index contributed by atoms with van der Waals surface area (Å²) in [6.07, 6.45) is 3.78. The van der Waals surface area contributed by atoms with Gasteiger partial charge in [0.25, 0.3) is 5.91 Å². The van der Waals surface area contributed by atoms with E-state index in [0.29, 0.717) is 11.4 Å². The average Bonchev–Trinajstić information content (AvgIpc) is 3.11. The van der Waals surface area contributed by atoms with E-state index in [9.17, 15) is 4.79 Å². The Morgan fingerprint density at radius 2 is 1.48 bits per heavy atom. The molecule has 1 aliphatic heterocycles. The summed E-state index contributed by atoms with van der Waals surface area (Å²) < 4.78 is 0. The molecule has 3 aromatic carbocycles. The third-order valence-corrected chi connectivity index (χ3v) is 5.44. The molecule has 2 heterocycles. The van der Waals surface area contributed by atoms with E-state index in [2.05, 4.69) is 29.3 Å². The van der Waals surface area contributed by atoms with Crippen LogP contribution in [-0.4, -0.2) is 22.9 Å². The molecule has 0 spiro atoms. The van der Waals surface area contributed by atoms with E-state index in [0.717, 1.165) is 28.0 Å². The number of hydrogen-bond donors (Lipinski definition) is 0. The van der Waals surface area contributed by atoms with Crippen molar-refractivity contribution >= 4 is 23.5 Å². The van der Waals surface area contributed by atoms with Crippen LogP contribution in [0.1, 0.15) is 21.5 Å². The number of hydrazine groups is 1. The number of aromatic nitrogens is 1. The second-order valence-corrected chi connectivity index (χ2v) is 7.40. The highest BCUT2D eigenvalue weighted by molar-refractivity contribution is 6.13. The number of carbonyl (C=O) groups is 1. The molecule has 4 aromatic rings. The second kappa shape index (κ2) is 7.92. The van der Waals surface area contributed by atoms with Gasteiger partial charge in [0.2, 0.25) is 0 Å². The van der Waals surface area contributed by atoms with Crippen LogP contribution in [0, 0.1) is 0 Å². The van der Waals surface area contributed by atoms with Crippen LogP contribution in [0.2, 0.25) is 0 Å². The van der Waals surface area contributed by atoms with E-state index < -0.39 is 0 Å². The van der Waals surface area contributed by atoms with Gasteiger partial charge < -0.3 is 0 Å². The van der Waals surface area contributed by atoms with E-state index in [1.165, 1.54) is 0 Å². The number of amides is 1. The van der Waals surface area contributed by atoms with Crippen molar-refractivity contribution in [2.45, 2.75) is 0 Å². The molecule has 4 heteroatoms. The monoisotopic (exact) mass is 403 g/mol. The topological polar surface area (TPSA) is 36.4 Å². The van der Waals surface area contributed by atoms with Gasteiger partial charge in [0.05, 0.1) is 11.3 Å². The van der Waals surface area contributed by atoms with Crippen LogP contribution < -0.4 is 5.01 Å². The molecule has 0 bridgehead atoms. The molecule has 4 nitrogen and oxygen atoms in total. The summed E-state index contributed by atoms with van der Waals surface area (Å²) in [5.41, 5.74) is 5.66. The molecule has 31 heavy (non-hydrogen) atoms. The minimum atomic E-state index is -0.0649. The average molecular weight is 403 g/mol. The van der Waals surface area contributed by atoms with Crippen LogP contribution in [-0.2, 0) is 0 Å². The van der Waals surface area contributed by atoms with Crippen LogP contribution in [0.15, 0.2) is 103 Å². The fraction of sp³-hybridized carbons (Fsp3) is 0.0370. The molecule has 0 N–H and O–H groups in total. The van der Waals surface area contributed by atoms with Gasteiger partial charge in [-0.05, 0) is 47.0 Å². The van der Waals surface area contributed by atoms with E-state index in [-0.39, 0.29) is 5.91 Å². The van der Waals surface area contributed by atoms with Gasteiger partial charge in [0.1, 0.15) is 5.82 Å². The first kappa shape index (κ1) is 18.8. The van der Waals surface area contributed by atoms with E-state index in [1.807, 2.05) is 85.9 Å². The molecule has 0 unspecified atom stereocenters. The summed E-state index contributed by atoms with van der Waals surface area (Å²) in [5, 5.41) is 3.51. The first-order chi connectivity index (χ1) is 15.2. The maximum Gasteiger partial charge on any atom is 0.277 e. The molecular weight excluding hydrogens is 382 g/mol. The molecule has 0 saturated carbocycles. The highest BCUT2D eigenvalue weighted by Gasteiger charge is 2.36. The van der Waals surface area contributed by atoms with Crippen LogP contribution in [0.4, 0.5) is 5.82 Å². The lowest BCUT2D eigenvalue weighted by Gasteiger charge is -2.30. The smallest absolute Gasteiger partial charge is 0.267 e. The van der Waals surface area contributed by atoms with E-state index in [4.69, 9.17) is 0 Å². The van der Waals surface area contributed by atoms with Crippen molar-refractivity contribution in [2.24, 2.45) is 0 Å². The van der Waals surface area contributed by atoms with Crippen LogP contribution in [0.25, 0.3) is 22.9 Å². The second-order valence-electron chi connectivity index (χ2n) is 7.40. The van der Waals surface area contributed by atoms with Gasteiger partial charge in [-0.1, -0.05) is 72.8 Å². The fourth-order valence-corrected chi connectivity index (χ4v) is 3.88. The van der Waals surface area contributed by atoms with Gasteiger partial charge in [-0.3, -0.25) is 9.80 Å². The lowest BCUT2D eigenvalue weighted by Crippen LogP contribution is -2.39. The number of hydrogen-bond acceptors (Lipinski definition) is 3. The number of fused-ring (bicyclic) bond motifs is 1. The van der Waals surface area contributed by atoms with Crippen molar-refractivity contribution in [3.8, 4) is 11.1 Å². The van der Waals surface area contributed by atoms with Gasteiger partial charge >= 0.3 is 0 Å². The van der Waals surface area contributed by atoms with Crippen molar-refractivity contribution in [1.29, 1.82) is 0 Å². The summed E-state index contributed by atoms with van der Waals surface area (Å²) in [5.74, 6) is 0.635. The summed E-state index contributed by atoms with van der Waals surface area (Å²) in [6.45, 7) is 0. The minimum Gasteiger partial charge on any atom is -0.267 e. The van der Waals surface area contributed by atoms with Crippen molar-refractivity contribution in [3.05, 3.63) is 120 Å². The number of nitrogens with zero attached hydrogens (tertiary/aromatic N) is 3. The summed E-state index contributed by atoms with van der Waals surface area (Å²) in [6, 6.07) is 32.0. The summed E-state index contributed by atoms with van der Waals surface area (Å²) in [4.78, 5) is 17.9. The molecular formula is C27H21N3O. The number of anilines is 1. The van der Waals surface area contributed by atoms with Gasteiger partial charge in [-0.2, -0.15) is 0 Å². The normalized spacial score (nSPS) is 14.0.